The maximum Gasteiger partial charge on any atom is 0.329 e. The van der Waals surface area contributed by atoms with Gasteiger partial charge in [0.2, 0.25) is 0 Å². The van der Waals surface area contributed by atoms with Crippen LogP contribution >= 0.6 is 0 Å². The molecule has 2 heterocycles. The molecule has 0 radical (unpaired) electrons. The highest BCUT2D eigenvalue weighted by Gasteiger charge is 2.21. The average molecular weight is 420 g/mol. The molecule has 4 rings (SSSR count). The van der Waals surface area contributed by atoms with Crippen LogP contribution in [0.2, 0.25) is 0 Å². The Kier molecular flexibility index (Phi) is 5.48. The summed E-state index contributed by atoms with van der Waals surface area (Å²) in [5.74, 6) is 1.68. The molecule has 0 saturated carbocycles. The van der Waals surface area contributed by atoms with Gasteiger partial charge in [-0.1, -0.05) is 32.0 Å². The fourth-order valence-electron chi connectivity index (χ4n) is 4.24. The molecular weight excluding hydrogens is 390 g/mol. The summed E-state index contributed by atoms with van der Waals surface area (Å²) in [6.45, 7) is 6.99. The van der Waals surface area contributed by atoms with E-state index in [1.54, 1.807) is 25.8 Å². The second kappa shape index (κ2) is 8.10. The number of para-hydroxylation sites is 1. The van der Waals surface area contributed by atoms with Crippen LogP contribution < -0.4 is 20.7 Å². The molecule has 6 nitrogen and oxygen atoms in total. The lowest BCUT2D eigenvalue weighted by molar-refractivity contribution is 0.354. The van der Waals surface area contributed by atoms with Gasteiger partial charge < -0.3 is 9.47 Å². The molecule has 0 bridgehead atoms. The zero-order valence-corrected chi connectivity index (χ0v) is 19.0. The van der Waals surface area contributed by atoms with Crippen molar-refractivity contribution < 1.29 is 9.47 Å². The Morgan fingerprint density at radius 2 is 1.77 bits per heavy atom. The van der Waals surface area contributed by atoms with Crippen molar-refractivity contribution in [3.05, 3.63) is 69.1 Å². The highest BCUT2D eigenvalue weighted by molar-refractivity contribution is 5.70. The number of methoxy groups -OCH3 is 2. The molecule has 0 aliphatic carbocycles. The van der Waals surface area contributed by atoms with Crippen molar-refractivity contribution >= 4 is 5.69 Å². The SMILES string of the molecule is COc1cc2c(cc1OC)-c1cc(=Nc3c(C)cccc3C(C)C)n(C)c(=O)n1CC2. The molecule has 162 valence electrons. The molecule has 1 aromatic heterocycles. The minimum Gasteiger partial charge on any atom is -0.493 e. The molecule has 0 saturated heterocycles. The number of aryl methyl sites for hydroxylation is 2. The quantitative estimate of drug-likeness (QED) is 0.640. The third-order valence-corrected chi connectivity index (χ3v) is 6.03. The van der Waals surface area contributed by atoms with E-state index in [4.69, 9.17) is 14.5 Å². The number of ether oxygens (including phenoxy) is 2. The first-order chi connectivity index (χ1) is 14.8. The lowest BCUT2D eigenvalue weighted by Crippen LogP contribution is -2.40. The molecule has 1 aliphatic rings. The van der Waals surface area contributed by atoms with Gasteiger partial charge >= 0.3 is 5.69 Å². The molecule has 6 heteroatoms. The van der Waals surface area contributed by atoms with Gasteiger partial charge in [0.05, 0.1) is 25.6 Å². The maximum atomic E-state index is 13.2. The lowest BCUT2D eigenvalue weighted by Gasteiger charge is -2.24. The fourth-order valence-corrected chi connectivity index (χ4v) is 4.24. The van der Waals surface area contributed by atoms with Gasteiger partial charge in [-0.3, -0.25) is 9.13 Å². The summed E-state index contributed by atoms with van der Waals surface area (Å²) in [6.07, 6.45) is 0.758. The van der Waals surface area contributed by atoms with E-state index in [9.17, 15) is 4.79 Å². The smallest absolute Gasteiger partial charge is 0.329 e. The first-order valence-electron chi connectivity index (χ1n) is 10.6. The summed E-state index contributed by atoms with van der Waals surface area (Å²) in [5, 5.41) is 0. The van der Waals surface area contributed by atoms with Crippen LogP contribution in [0.25, 0.3) is 11.3 Å². The number of hydrogen-bond acceptors (Lipinski definition) is 4. The van der Waals surface area contributed by atoms with Crippen LogP contribution in [0.5, 0.6) is 11.5 Å². The molecule has 0 N–H and O–H groups in total. The van der Waals surface area contributed by atoms with Gasteiger partial charge in [-0.15, -0.1) is 0 Å². The normalized spacial score (nSPS) is 13.2. The minimum absolute atomic E-state index is 0.0728. The van der Waals surface area contributed by atoms with Crippen molar-refractivity contribution in [2.24, 2.45) is 12.0 Å². The standard InChI is InChI=1S/C25H29N3O3/c1-15(2)18-9-7-8-16(3)24(18)26-23-14-20-19-13-22(31-6)21(30-5)12-17(19)10-11-28(20)25(29)27(23)4/h7-9,12-15H,10-11H2,1-6H3. The van der Waals surface area contributed by atoms with Crippen molar-refractivity contribution in [3.63, 3.8) is 0 Å². The van der Waals surface area contributed by atoms with Crippen LogP contribution in [0.1, 0.15) is 36.5 Å². The van der Waals surface area contributed by atoms with Crippen LogP contribution in [-0.4, -0.2) is 23.4 Å². The average Bonchev–Trinajstić information content (AvgIpc) is 2.76. The first-order valence-corrected chi connectivity index (χ1v) is 10.6. The molecule has 0 fully saturated rings. The molecule has 3 aromatic rings. The van der Waals surface area contributed by atoms with Gasteiger partial charge in [0.25, 0.3) is 0 Å². The van der Waals surface area contributed by atoms with E-state index in [-0.39, 0.29) is 5.69 Å². The Bertz CT molecular complexity index is 1280. The molecule has 2 aromatic carbocycles. The molecule has 31 heavy (non-hydrogen) atoms. The fraction of sp³-hybridized carbons (Fsp3) is 0.360. The monoisotopic (exact) mass is 419 g/mol. The second-order valence-electron chi connectivity index (χ2n) is 8.27. The Hall–Kier alpha value is -3.28. The third-order valence-electron chi connectivity index (χ3n) is 6.03. The summed E-state index contributed by atoms with van der Waals surface area (Å²) in [7, 11) is 5.04. The number of benzene rings is 2. The zero-order chi connectivity index (χ0) is 22.3. The third kappa shape index (κ3) is 3.56. The van der Waals surface area contributed by atoms with E-state index < -0.39 is 0 Å². The Morgan fingerprint density at radius 1 is 1.06 bits per heavy atom. The summed E-state index contributed by atoms with van der Waals surface area (Å²) in [5.41, 5.74) is 6.72. The van der Waals surface area contributed by atoms with Crippen molar-refractivity contribution in [2.75, 3.05) is 14.2 Å². The van der Waals surface area contributed by atoms with Gasteiger partial charge in [0, 0.05) is 25.2 Å². The van der Waals surface area contributed by atoms with Crippen LogP contribution in [0, 0.1) is 6.92 Å². The highest BCUT2D eigenvalue weighted by Crippen LogP contribution is 2.37. The number of nitrogens with zero attached hydrogens (tertiary/aromatic N) is 3. The second-order valence-corrected chi connectivity index (χ2v) is 8.27. The van der Waals surface area contributed by atoms with Gasteiger partial charge in [0.1, 0.15) is 5.49 Å². The number of fused-ring (bicyclic) bond motifs is 3. The molecular formula is C25H29N3O3. The lowest BCUT2D eigenvalue weighted by atomic mass is 9.96. The summed E-state index contributed by atoms with van der Waals surface area (Å²) in [4.78, 5) is 18.2. The Labute approximate surface area is 182 Å². The van der Waals surface area contributed by atoms with E-state index in [1.807, 2.05) is 22.8 Å². The van der Waals surface area contributed by atoms with Crippen molar-refractivity contribution in [1.29, 1.82) is 0 Å². The molecule has 0 unspecified atom stereocenters. The number of hydrogen-bond donors (Lipinski definition) is 0. The van der Waals surface area contributed by atoms with E-state index in [2.05, 4.69) is 39.0 Å². The van der Waals surface area contributed by atoms with Crippen LogP contribution in [-0.2, 0) is 20.0 Å². The summed E-state index contributed by atoms with van der Waals surface area (Å²) < 4.78 is 14.4. The minimum atomic E-state index is -0.0728. The molecule has 0 atom stereocenters. The molecule has 1 aliphatic heterocycles. The number of rotatable bonds is 4. The molecule has 0 amide bonds. The molecule has 0 spiro atoms. The largest absolute Gasteiger partial charge is 0.493 e. The van der Waals surface area contributed by atoms with Gasteiger partial charge in [0.15, 0.2) is 11.5 Å². The highest BCUT2D eigenvalue weighted by atomic mass is 16.5. The first kappa shape index (κ1) is 21.0. The maximum absolute atomic E-state index is 13.2. The van der Waals surface area contributed by atoms with Crippen molar-refractivity contribution in [3.8, 4) is 22.8 Å². The number of aromatic nitrogens is 2. The topological polar surface area (TPSA) is 57.8 Å². The van der Waals surface area contributed by atoms with E-state index >= 15 is 0 Å². The van der Waals surface area contributed by atoms with Crippen LogP contribution in [0.4, 0.5) is 5.69 Å². The predicted molar refractivity (Wildman–Crippen MR) is 122 cm³/mol. The van der Waals surface area contributed by atoms with E-state index in [1.165, 1.54) is 5.56 Å². The summed E-state index contributed by atoms with van der Waals surface area (Å²) >= 11 is 0. The Morgan fingerprint density at radius 3 is 2.45 bits per heavy atom. The van der Waals surface area contributed by atoms with Crippen molar-refractivity contribution in [2.45, 2.75) is 39.7 Å². The Balaban J connectivity index is 2.00. The zero-order valence-electron chi connectivity index (χ0n) is 19.0. The van der Waals surface area contributed by atoms with E-state index in [0.29, 0.717) is 29.4 Å². The van der Waals surface area contributed by atoms with Crippen LogP contribution in [0.3, 0.4) is 0 Å². The van der Waals surface area contributed by atoms with Gasteiger partial charge in [-0.05, 0) is 48.1 Å². The van der Waals surface area contributed by atoms with E-state index in [0.717, 1.165) is 34.5 Å². The van der Waals surface area contributed by atoms with Gasteiger partial charge in [-0.25, -0.2) is 9.79 Å². The van der Waals surface area contributed by atoms with Crippen molar-refractivity contribution in [1.82, 2.24) is 9.13 Å². The summed E-state index contributed by atoms with van der Waals surface area (Å²) in [6, 6.07) is 12.2. The predicted octanol–water partition coefficient (Wildman–Crippen LogP) is 4.09. The van der Waals surface area contributed by atoms with Crippen LogP contribution in [0.15, 0.2) is 46.2 Å². The van der Waals surface area contributed by atoms with Gasteiger partial charge in [-0.2, -0.15) is 0 Å².